The third-order valence-corrected chi connectivity index (χ3v) is 3.46. The second-order valence-corrected chi connectivity index (χ2v) is 5.73. The molecule has 7 heteroatoms. The Kier molecular flexibility index (Phi) is 3.92. The van der Waals surface area contributed by atoms with Crippen LogP contribution in [0, 0.1) is 10.1 Å². The molecule has 2 aromatic rings. The molecule has 7 nitrogen and oxygen atoms in total. The number of rotatable bonds is 4. The first kappa shape index (κ1) is 15.9. The molecule has 0 spiro atoms. The van der Waals surface area contributed by atoms with E-state index >= 15 is 0 Å². The van der Waals surface area contributed by atoms with Gasteiger partial charge in [0, 0.05) is 18.3 Å². The van der Waals surface area contributed by atoms with E-state index in [0.717, 1.165) is 0 Å². The van der Waals surface area contributed by atoms with E-state index < -0.39 is 10.6 Å². The van der Waals surface area contributed by atoms with Crippen LogP contribution >= 0.6 is 0 Å². The summed E-state index contributed by atoms with van der Waals surface area (Å²) in [5.41, 5.74) is 0.798. The van der Waals surface area contributed by atoms with Crippen LogP contribution in [-0.2, 0) is 0 Å². The number of hydrogen-bond acceptors (Lipinski definition) is 6. The standard InChI is InChI=1S/C17H17N3O4/c1-4-23-15-10-14-11(9-13(15)20(21)22)16(19-17(2,3)24-14)12-7-5-6-8-18-12/h5-10H,4H2,1-3H3. The molecule has 0 fully saturated rings. The molecule has 124 valence electrons. The molecule has 0 saturated carbocycles. The molecule has 0 radical (unpaired) electrons. The van der Waals surface area contributed by atoms with E-state index in [1.807, 2.05) is 26.0 Å². The lowest BCUT2D eigenvalue weighted by molar-refractivity contribution is -0.385. The summed E-state index contributed by atoms with van der Waals surface area (Å²) >= 11 is 0. The predicted molar refractivity (Wildman–Crippen MR) is 88.8 cm³/mol. The van der Waals surface area contributed by atoms with Crippen LogP contribution in [0.1, 0.15) is 32.0 Å². The molecule has 0 N–H and O–H groups in total. The zero-order valence-corrected chi connectivity index (χ0v) is 13.6. The van der Waals surface area contributed by atoms with Gasteiger partial charge in [0.05, 0.1) is 28.5 Å². The van der Waals surface area contributed by atoms with Gasteiger partial charge in [-0.2, -0.15) is 0 Å². The van der Waals surface area contributed by atoms with Crippen LogP contribution < -0.4 is 9.47 Å². The number of ether oxygens (including phenoxy) is 2. The lowest BCUT2D eigenvalue weighted by atomic mass is 10.0. The van der Waals surface area contributed by atoms with Crippen molar-refractivity contribution in [2.45, 2.75) is 26.5 Å². The van der Waals surface area contributed by atoms with Crippen molar-refractivity contribution in [3.8, 4) is 11.5 Å². The van der Waals surface area contributed by atoms with E-state index in [0.29, 0.717) is 29.3 Å². The number of fused-ring (bicyclic) bond motifs is 1. The molecule has 0 saturated heterocycles. The van der Waals surface area contributed by atoms with Gasteiger partial charge in [-0.25, -0.2) is 4.99 Å². The molecule has 1 aliphatic heterocycles. The van der Waals surface area contributed by atoms with Crippen LogP contribution in [0.3, 0.4) is 0 Å². The Bertz CT molecular complexity index is 816. The first-order valence-electron chi connectivity index (χ1n) is 7.57. The van der Waals surface area contributed by atoms with E-state index in [1.165, 1.54) is 6.07 Å². The van der Waals surface area contributed by atoms with Crippen molar-refractivity contribution in [3.05, 3.63) is 57.9 Å². The van der Waals surface area contributed by atoms with Gasteiger partial charge in [-0.15, -0.1) is 0 Å². The van der Waals surface area contributed by atoms with Gasteiger partial charge in [0.15, 0.2) is 5.72 Å². The van der Waals surface area contributed by atoms with Crippen molar-refractivity contribution in [1.29, 1.82) is 0 Å². The molecule has 1 aliphatic rings. The number of aromatic nitrogens is 1. The topological polar surface area (TPSA) is 86.9 Å². The number of nitro benzene ring substituents is 1. The smallest absolute Gasteiger partial charge is 0.311 e. The van der Waals surface area contributed by atoms with E-state index in [4.69, 9.17) is 9.47 Å². The van der Waals surface area contributed by atoms with Crippen molar-refractivity contribution in [2.75, 3.05) is 6.61 Å². The molecule has 1 aromatic carbocycles. The number of benzene rings is 1. The molecule has 0 aliphatic carbocycles. The molecule has 0 atom stereocenters. The van der Waals surface area contributed by atoms with Gasteiger partial charge in [0.1, 0.15) is 5.75 Å². The van der Waals surface area contributed by atoms with Gasteiger partial charge < -0.3 is 9.47 Å². The summed E-state index contributed by atoms with van der Waals surface area (Å²) in [4.78, 5) is 19.8. The maximum atomic E-state index is 11.4. The summed E-state index contributed by atoms with van der Waals surface area (Å²) in [7, 11) is 0. The highest BCUT2D eigenvalue weighted by Gasteiger charge is 2.32. The van der Waals surface area contributed by atoms with Crippen molar-refractivity contribution in [2.24, 2.45) is 4.99 Å². The lowest BCUT2D eigenvalue weighted by Crippen LogP contribution is -2.32. The summed E-state index contributed by atoms with van der Waals surface area (Å²) in [6, 6.07) is 8.44. The summed E-state index contributed by atoms with van der Waals surface area (Å²) in [6.45, 7) is 5.74. The number of aliphatic imine (C=N–C) groups is 1. The Hall–Kier alpha value is -2.96. The van der Waals surface area contributed by atoms with Crippen LogP contribution in [0.4, 0.5) is 5.69 Å². The van der Waals surface area contributed by atoms with Gasteiger partial charge >= 0.3 is 5.69 Å². The normalized spacial score (nSPS) is 15.0. The molecule has 0 amide bonds. The fourth-order valence-corrected chi connectivity index (χ4v) is 2.55. The van der Waals surface area contributed by atoms with Crippen molar-refractivity contribution >= 4 is 11.4 Å². The number of pyridine rings is 1. The summed E-state index contributed by atoms with van der Waals surface area (Å²) < 4.78 is 11.3. The molecule has 1 aromatic heterocycles. The van der Waals surface area contributed by atoms with E-state index in [9.17, 15) is 10.1 Å². The average molecular weight is 327 g/mol. The zero-order valence-electron chi connectivity index (χ0n) is 13.6. The Morgan fingerprint density at radius 2 is 2.12 bits per heavy atom. The van der Waals surface area contributed by atoms with Gasteiger partial charge in [-0.3, -0.25) is 15.1 Å². The van der Waals surface area contributed by atoms with Crippen LogP contribution in [0.5, 0.6) is 11.5 Å². The Morgan fingerprint density at radius 1 is 1.33 bits per heavy atom. The maximum Gasteiger partial charge on any atom is 0.311 e. The largest absolute Gasteiger partial charge is 0.487 e. The number of hydrogen-bond donors (Lipinski definition) is 0. The summed E-state index contributed by atoms with van der Waals surface area (Å²) in [6.07, 6.45) is 1.66. The van der Waals surface area contributed by atoms with Crippen molar-refractivity contribution in [3.63, 3.8) is 0 Å². The molecule has 3 rings (SSSR count). The third kappa shape index (κ3) is 2.92. The van der Waals surface area contributed by atoms with E-state index in [2.05, 4.69) is 9.98 Å². The summed E-state index contributed by atoms with van der Waals surface area (Å²) in [5.74, 6) is 0.670. The first-order valence-corrected chi connectivity index (χ1v) is 7.57. The lowest BCUT2D eigenvalue weighted by Gasteiger charge is -2.30. The molecular formula is C17H17N3O4. The highest BCUT2D eigenvalue weighted by Crippen LogP contribution is 2.40. The summed E-state index contributed by atoms with van der Waals surface area (Å²) in [5, 5.41) is 11.4. The van der Waals surface area contributed by atoms with E-state index in [-0.39, 0.29) is 11.4 Å². The third-order valence-electron chi connectivity index (χ3n) is 3.46. The van der Waals surface area contributed by atoms with Gasteiger partial charge in [-0.1, -0.05) is 6.07 Å². The maximum absolute atomic E-state index is 11.4. The van der Waals surface area contributed by atoms with Crippen LogP contribution in [0.15, 0.2) is 41.5 Å². The molecule has 0 unspecified atom stereocenters. The predicted octanol–water partition coefficient (Wildman–Crippen LogP) is 3.35. The minimum atomic E-state index is -0.806. The SMILES string of the molecule is CCOc1cc2c(cc1[N+](=O)[O-])C(c1ccccn1)=NC(C)(C)O2. The van der Waals surface area contributed by atoms with Crippen LogP contribution in [0.25, 0.3) is 0 Å². The Labute approximate surface area is 139 Å². The van der Waals surface area contributed by atoms with Crippen LogP contribution in [-0.4, -0.2) is 28.0 Å². The average Bonchev–Trinajstić information content (AvgIpc) is 2.53. The van der Waals surface area contributed by atoms with Crippen molar-refractivity contribution in [1.82, 2.24) is 4.98 Å². The van der Waals surface area contributed by atoms with E-state index in [1.54, 1.807) is 25.3 Å². The molecule has 2 heterocycles. The van der Waals surface area contributed by atoms with Gasteiger partial charge in [-0.05, 0) is 32.9 Å². The minimum Gasteiger partial charge on any atom is -0.487 e. The Balaban J connectivity index is 2.22. The van der Waals surface area contributed by atoms with Gasteiger partial charge in [0.2, 0.25) is 5.75 Å². The molecule has 24 heavy (non-hydrogen) atoms. The highest BCUT2D eigenvalue weighted by atomic mass is 16.6. The Morgan fingerprint density at radius 3 is 2.75 bits per heavy atom. The highest BCUT2D eigenvalue weighted by molar-refractivity contribution is 6.14. The number of nitro groups is 1. The second kappa shape index (κ2) is 5.92. The molecule has 0 bridgehead atoms. The number of nitrogens with zero attached hydrogens (tertiary/aromatic N) is 3. The molecular weight excluding hydrogens is 310 g/mol. The fourth-order valence-electron chi connectivity index (χ4n) is 2.55. The second-order valence-electron chi connectivity index (χ2n) is 5.73. The van der Waals surface area contributed by atoms with Gasteiger partial charge in [0.25, 0.3) is 0 Å². The monoisotopic (exact) mass is 327 g/mol. The zero-order chi connectivity index (χ0) is 17.3. The van der Waals surface area contributed by atoms with Crippen LogP contribution in [0.2, 0.25) is 0 Å². The minimum absolute atomic E-state index is 0.123. The quantitative estimate of drug-likeness (QED) is 0.635. The first-order chi connectivity index (χ1) is 11.4. The van der Waals surface area contributed by atoms with Crippen molar-refractivity contribution < 1.29 is 14.4 Å². The fraction of sp³-hybridized carbons (Fsp3) is 0.294.